The van der Waals surface area contributed by atoms with Gasteiger partial charge in [-0.25, -0.2) is 0 Å². The first-order valence-corrected chi connectivity index (χ1v) is 8.72. The molecule has 1 fully saturated rings. The maximum Gasteiger partial charge on any atom is 0.265 e. The van der Waals surface area contributed by atoms with E-state index in [4.69, 9.17) is 9.47 Å². The van der Waals surface area contributed by atoms with Gasteiger partial charge in [-0.3, -0.25) is 9.69 Å². The summed E-state index contributed by atoms with van der Waals surface area (Å²) in [5.41, 5.74) is 3.09. The number of nitrogens with zero attached hydrogens (tertiary/aromatic N) is 1. The van der Waals surface area contributed by atoms with Crippen molar-refractivity contribution in [1.82, 2.24) is 4.90 Å². The van der Waals surface area contributed by atoms with Crippen molar-refractivity contribution in [3.63, 3.8) is 0 Å². The first-order chi connectivity index (χ1) is 12.3. The highest BCUT2D eigenvalue weighted by Gasteiger charge is 2.28. The minimum atomic E-state index is -0.458. The first-order valence-electron chi connectivity index (χ1n) is 8.72. The lowest BCUT2D eigenvalue weighted by molar-refractivity contribution is -0.122. The van der Waals surface area contributed by atoms with E-state index in [1.165, 1.54) is 5.56 Å². The molecule has 0 bridgehead atoms. The summed E-state index contributed by atoms with van der Waals surface area (Å²) in [5, 5.41) is 2.99. The number of hydrogen-bond acceptors (Lipinski definition) is 4. The number of rotatable bonds is 4. The van der Waals surface area contributed by atoms with Crippen molar-refractivity contribution in [1.29, 1.82) is 0 Å². The molecule has 5 nitrogen and oxygen atoms in total. The van der Waals surface area contributed by atoms with Crippen LogP contribution < -0.4 is 10.1 Å². The Labute approximate surface area is 147 Å². The summed E-state index contributed by atoms with van der Waals surface area (Å²) in [6, 6.07) is 15.8. The lowest BCUT2D eigenvalue weighted by Gasteiger charge is -2.26. The molecule has 2 heterocycles. The van der Waals surface area contributed by atoms with Crippen LogP contribution in [-0.4, -0.2) is 43.2 Å². The molecule has 5 heteroatoms. The minimum absolute atomic E-state index is 0.0975. The Morgan fingerprint density at radius 3 is 2.80 bits per heavy atom. The molecule has 2 aromatic carbocycles. The molecule has 0 spiro atoms. The zero-order valence-corrected chi connectivity index (χ0v) is 14.1. The monoisotopic (exact) mass is 338 g/mol. The number of benzene rings is 2. The second-order valence-corrected chi connectivity index (χ2v) is 6.50. The third kappa shape index (κ3) is 3.83. The Bertz CT molecular complexity index is 731. The number of anilines is 1. The van der Waals surface area contributed by atoms with Crippen molar-refractivity contribution in [3.8, 4) is 5.75 Å². The van der Waals surface area contributed by atoms with Crippen molar-refractivity contribution >= 4 is 11.6 Å². The molecule has 0 radical (unpaired) electrons. The Kier molecular flexibility index (Phi) is 4.68. The number of ether oxygens (including phenoxy) is 2. The van der Waals surface area contributed by atoms with Gasteiger partial charge in [0.25, 0.3) is 5.91 Å². The molecule has 2 aliphatic rings. The van der Waals surface area contributed by atoms with E-state index in [9.17, 15) is 4.79 Å². The van der Waals surface area contributed by atoms with Crippen molar-refractivity contribution in [3.05, 3.63) is 59.7 Å². The summed E-state index contributed by atoms with van der Waals surface area (Å²) in [4.78, 5) is 14.9. The highest BCUT2D eigenvalue weighted by atomic mass is 16.5. The summed E-state index contributed by atoms with van der Waals surface area (Å²) in [5.74, 6) is 0.712. The van der Waals surface area contributed by atoms with Crippen LogP contribution in [0.25, 0.3) is 0 Å². The van der Waals surface area contributed by atoms with Gasteiger partial charge < -0.3 is 14.8 Å². The van der Waals surface area contributed by atoms with Gasteiger partial charge in [-0.05, 0) is 29.3 Å². The van der Waals surface area contributed by atoms with Gasteiger partial charge in [0, 0.05) is 31.7 Å². The van der Waals surface area contributed by atoms with Crippen molar-refractivity contribution in [2.75, 3.05) is 31.6 Å². The predicted octanol–water partition coefficient (Wildman–Crippen LogP) is 2.46. The zero-order valence-electron chi connectivity index (χ0n) is 14.1. The van der Waals surface area contributed by atoms with Crippen molar-refractivity contribution < 1.29 is 14.3 Å². The lowest BCUT2D eigenvalue weighted by atomic mass is 10.1. The third-order valence-corrected chi connectivity index (χ3v) is 4.64. The highest BCUT2D eigenvalue weighted by Crippen LogP contribution is 2.28. The van der Waals surface area contributed by atoms with E-state index >= 15 is 0 Å². The average Bonchev–Trinajstić information content (AvgIpc) is 3.07. The molecule has 4 rings (SSSR count). The maximum atomic E-state index is 12.5. The maximum absolute atomic E-state index is 12.5. The van der Waals surface area contributed by atoms with E-state index in [0.29, 0.717) is 6.42 Å². The number of fused-ring (bicyclic) bond motifs is 1. The van der Waals surface area contributed by atoms with E-state index in [-0.39, 0.29) is 5.91 Å². The molecule has 0 aliphatic carbocycles. The van der Waals surface area contributed by atoms with Crippen LogP contribution in [-0.2, 0) is 22.5 Å². The summed E-state index contributed by atoms with van der Waals surface area (Å²) in [6.45, 7) is 4.35. The second kappa shape index (κ2) is 7.25. The van der Waals surface area contributed by atoms with Crippen LogP contribution >= 0.6 is 0 Å². The number of carbonyl (C=O) groups excluding carboxylic acids is 1. The minimum Gasteiger partial charge on any atom is -0.480 e. The van der Waals surface area contributed by atoms with Gasteiger partial charge in [-0.1, -0.05) is 30.3 Å². The second-order valence-electron chi connectivity index (χ2n) is 6.50. The normalized spacial score (nSPS) is 19.9. The van der Waals surface area contributed by atoms with Crippen LogP contribution in [0.4, 0.5) is 5.69 Å². The molecule has 1 amide bonds. The standard InChI is InChI=1S/C20H22N2O3/c23-20(19-13-16-5-1-2-7-18(16)25-19)21-17-6-3-4-15(12-17)14-22-8-10-24-11-9-22/h1-7,12,19H,8-11,13-14H2,(H,21,23). The lowest BCUT2D eigenvalue weighted by Crippen LogP contribution is -2.35. The first kappa shape index (κ1) is 16.1. The van der Waals surface area contributed by atoms with Crippen LogP contribution in [0, 0.1) is 0 Å². The summed E-state index contributed by atoms with van der Waals surface area (Å²) >= 11 is 0. The van der Waals surface area contributed by atoms with Crippen LogP contribution in [0.5, 0.6) is 5.75 Å². The number of para-hydroxylation sites is 1. The van der Waals surface area contributed by atoms with Gasteiger partial charge in [-0.15, -0.1) is 0 Å². The number of hydrogen-bond donors (Lipinski definition) is 1. The Hall–Kier alpha value is -2.37. The fourth-order valence-electron chi connectivity index (χ4n) is 3.32. The summed E-state index contributed by atoms with van der Waals surface area (Å²) in [6.07, 6.45) is 0.162. The van der Waals surface area contributed by atoms with Gasteiger partial charge in [0.1, 0.15) is 5.75 Å². The van der Waals surface area contributed by atoms with E-state index in [1.54, 1.807) is 0 Å². The highest BCUT2D eigenvalue weighted by molar-refractivity contribution is 5.95. The quantitative estimate of drug-likeness (QED) is 0.930. The van der Waals surface area contributed by atoms with Crippen molar-refractivity contribution in [2.45, 2.75) is 19.1 Å². The van der Waals surface area contributed by atoms with Crippen LogP contribution in [0.1, 0.15) is 11.1 Å². The van der Waals surface area contributed by atoms with E-state index < -0.39 is 6.10 Å². The van der Waals surface area contributed by atoms with Gasteiger partial charge in [0.05, 0.1) is 13.2 Å². The molecule has 2 aromatic rings. The van der Waals surface area contributed by atoms with Crippen LogP contribution in [0.3, 0.4) is 0 Å². The topological polar surface area (TPSA) is 50.8 Å². The number of nitrogens with one attached hydrogen (secondary N) is 1. The van der Waals surface area contributed by atoms with E-state index in [1.807, 2.05) is 42.5 Å². The molecule has 1 unspecified atom stereocenters. The third-order valence-electron chi connectivity index (χ3n) is 4.64. The summed E-state index contributed by atoms with van der Waals surface area (Å²) < 4.78 is 11.1. The number of carbonyl (C=O) groups is 1. The molecule has 2 aliphatic heterocycles. The van der Waals surface area contributed by atoms with Gasteiger partial charge >= 0.3 is 0 Å². The molecule has 1 N–H and O–H groups in total. The molecule has 0 saturated carbocycles. The average molecular weight is 338 g/mol. The molecule has 130 valence electrons. The molecular weight excluding hydrogens is 316 g/mol. The van der Waals surface area contributed by atoms with Gasteiger partial charge in [0.15, 0.2) is 6.10 Å². The smallest absolute Gasteiger partial charge is 0.265 e. The van der Waals surface area contributed by atoms with Gasteiger partial charge in [-0.2, -0.15) is 0 Å². The Morgan fingerprint density at radius 1 is 1.12 bits per heavy atom. The molecule has 25 heavy (non-hydrogen) atoms. The zero-order chi connectivity index (χ0) is 17.1. The molecule has 1 saturated heterocycles. The summed E-state index contributed by atoms with van der Waals surface area (Å²) in [7, 11) is 0. The number of morpholine rings is 1. The Morgan fingerprint density at radius 2 is 1.96 bits per heavy atom. The van der Waals surface area contributed by atoms with E-state index in [0.717, 1.165) is 49.8 Å². The molecule has 0 aromatic heterocycles. The van der Waals surface area contributed by atoms with E-state index in [2.05, 4.69) is 16.3 Å². The Balaban J connectivity index is 1.38. The van der Waals surface area contributed by atoms with Crippen LogP contribution in [0.15, 0.2) is 48.5 Å². The predicted molar refractivity (Wildman–Crippen MR) is 95.7 cm³/mol. The van der Waals surface area contributed by atoms with Gasteiger partial charge in [0.2, 0.25) is 0 Å². The largest absolute Gasteiger partial charge is 0.480 e. The van der Waals surface area contributed by atoms with Crippen LogP contribution in [0.2, 0.25) is 0 Å². The number of amides is 1. The van der Waals surface area contributed by atoms with Crippen molar-refractivity contribution in [2.24, 2.45) is 0 Å². The fraction of sp³-hybridized carbons (Fsp3) is 0.350. The SMILES string of the molecule is O=C(Nc1cccc(CN2CCOCC2)c1)C1Cc2ccccc2O1. The fourth-order valence-corrected chi connectivity index (χ4v) is 3.32. The molecule has 1 atom stereocenters. The molecular formula is C20H22N2O3.